The summed E-state index contributed by atoms with van der Waals surface area (Å²) < 4.78 is 11.5. The molecule has 1 N–H and O–H groups in total. The molecule has 0 aromatic heterocycles. The minimum absolute atomic E-state index is 0.0909. The predicted octanol–water partition coefficient (Wildman–Crippen LogP) is 4.99. The number of ether oxygens (including phenoxy) is 2. The number of rotatable bonds is 9. The predicted molar refractivity (Wildman–Crippen MR) is 122 cm³/mol. The van der Waals surface area contributed by atoms with Crippen LogP contribution in [0.4, 0.5) is 5.69 Å². The van der Waals surface area contributed by atoms with E-state index in [-0.39, 0.29) is 11.3 Å². The van der Waals surface area contributed by atoms with Gasteiger partial charge in [0.1, 0.15) is 6.61 Å². The Morgan fingerprint density at radius 2 is 1.78 bits per heavy atom. The lowest BCUT2D eigenvalue weighted by Crippen LogP contribution is -2.17. The van der Waals surface area contributed by atoms with E-state index in [1.807, 2.05) is 19.1 Å². The van der Waals surface area contributed by atoms with Crippen molar-refractivity contribution in [3.05, 3.63) is 98.6 Å². The van der Waals surface area contributed by atoms with Gasteiger partial charge in [-0.1, -0.05) is 23.7 Å². The smallest absolute Gasteiger partial charge is 0.271 e. The third-order valence-electron chi connectivity index (χ3n) is 4.30. The minimum atomic E-state index is -0.529. The van der Waals surface area contributed by atoms with Crippen LogP contribution in [0.2, 0.25) is 5.02 Å². The van der Waals surface area contributed by atoms with Gasteiger partial charge in [0.15, 0.2) is 11.5 Å². The first-order valence-corrected chi connectivity index (χ1v) is 10.1. The second kappa shape index (κ2) is 10.9. The van der Waals surface area contributed by atoms with E-state index < -0.39 is 10.8 Å². The number of nitrogens with zero attached hydrogens (tertiary/aromatic N) is 2. The highest BCUT2D eigenvalue weighted by Crippen LogP contribution is 2.29. The number of amides is 1. The Balaban J connectivity index is 1.63. The number of carbonyl (C=O) groups is 1. The van der Waals surface area contributed by atoms with Gasteiger partial charge in [0, 0.05) is 22.7 Å². The van der Waals surface area contributed by atoms with E-state index in [4.69, 9.17) is 21.1 Å². The lowest BCUT2D eigenvalue weighted by molar-refractivity contribution is -0.384. The van der Waals surface area contributed by atoms with Crippen LogP contribution in [0.1, 0.15) is 28.4 Å². The lowest BCUT2D eigenvalue weighted by atomic mass is 10.2. The van der Waals surface area contributed by atoms with Crippen LogP contribution in [0.5, 0.6) is 11.5 Å². The van der Waals surface area contributed by atoms with Crippen molar-refractivity contribution in [3.63, 3.8) is 0 Å². The summed E-state index contributed by atoms with van der Waals surface area (Å²) in [6.45, 7) is 2.68. The normalized spacial score (nSPS) is 10.7. The third kappa shape index (κ3) is 6.29. The molecule has 1 amide bonds. The van der Waals surface area contributed by atoms with Crippen LogP contribution in [-0.2, 0) is 6.61 Å². The van der Waals surface area contributed by atoms with Gasteiger partial charge in [-0.2, -0.15) is 5.10 Å². The van der Waals surface area contributed by atoms with Crippen molar-refractivity contribution in [2.45, 2.75) is 13.5 Å². The van der Waals surface area contributed by atoms with Gasteiger partial charge in [0.05, 0.1) is 17.7 Å². The summed E-state index contributed by atoms with van der Waals surface area (Å²) in [5, 5.41) is 15.3. The van der Waals surface area contributed by atoms with E-state index in [1.165, 1.54) is 30.5 Å². The van der Waals surface area contributed by atoms with Crippen molar-refractivity contribution in [2.24, 2.45) is 5.10 Å². The Morgan fingerprint density at radius 3 is 2.44 bits per heavy atom. The Kier molecular flexibility index (Phi) is 7.77. The standard InChI is InChI=1S/C23H20ClN3O5/c1-2-31-22-13-17(5-12-21(22)32-15-16-3-8-19(24)9-4-16)14-25-26-23(28)18-6-10-20(11-7-18)27(29)30/h3-14H,2,15H2,1H3,(H,26,28)/b25-14-. The van der Waals surface area contributed by atoms with E-state index in [2.05, 4.69) is 10.5 Å². The van der Waals surface area contributed by atoms with Gasteiger partial charge >= 0.3 is 0 Å². The topological polar surface area (TPSA) is 103 Å². The number of nitro groups is 1. The van der Waals surface area contributed by atoms with Gasteiger partial charge < -0.3 is 9.47 Å². The molecule has 0 bridgehead atoms. The maximum atomic E-state index is 12.1. The molecule has 0 heterocycles. The van der Waals surface area contributed by atoms with Crippen LogP contribution in [0.25, 0.3) is 0 Å². The first kappa shape index (κ1) is 22.8. The molecule has 0 saturated heterocycles. The number of benzene rings is 3. The molecule has 0 aliphatic rings. The second-order valence-corrected chi connectivity index (χ2v) is 6.99. The summed E-state index contributed by atoms with van der Waals surface area (Å²) in [7, 11) is 0. The summed E-state index contributed by atoms with van der Waals surface area (Å²) >= 11 is 5.90. The van der Waals surface area contributed by atoms with Crippen LogP contribution in [-0.4, -0.2) is 23.7 Å². The van der Waals surface area contributed by atoms with E-state index in [1.54, 1.807) is 30.3 Å². The molecule has 0 atom stereocenters. The largest absolute Gasteiger partial charge is 0.490 e. The highest BCUT2D eigenvalue weighted by atomic mass is 35.5. The number of non-ortho nitro benzene ring substituents is 1. The zero-order chi connectivity index (χ0) is 22.9. The van der Waals surface area contributed by atoms with E-state index in [0.29, 0.717) is 35.3 Å². The van der Waals surface area contributed by atoms with Gasteiger partial charge in [-0.3, -0.25) is 14.9 Å². The fraction of sp³-hybridized carbons (Fsp3) is 0.130. The highest BCUT2D eigenvalue weighted by molar-refractivity contribution is 6.30. The molecule has 0 aliphatic heterocycles. The molecule has 0 aliphatic carbocycles. The zero-order valence-corrected chi connectivity index (χ0v) is 17.9. The number of hydrazone groups is 1. The monoisotopic (exact) mass is 453 g/mol. The maximum Gasteiger partial charge on any atom is 0.271 e. The lowest BCUT2D eigenvalue weighted by Gasteiger charge is -2.12. The molecule has 9 heteroatoms. The number of nitro benzene ring substituents is 1. The van der Waals surface area contributed by atoms with E-state index in [9.17, 15) is 14.9 Å². The summed E-state index contributed by atoms with van der Waals surface area (Å²) in [4.78, 5) is 22.3. The molecule has 164 valence electrons. The van der Waals surface area contributed by atoms with Crippen LogP contribution in [0.3, 0.4) is 0 Å². The Hall–Kier alpha value is -3.91. The zero-order valence-electron chi connectivity index (χ0n) is 17.2. The van der Waals surface area contributed by atoms with Crippen LogP contribution in [0.15, 0.2) is 71.8 Å². The summed E-state index contributed by atoms with van der Waals surface area (Å²) in [6, 6.07) is 17.9. The van der Waals surface area contributed by atoms with Gasteiger partial charge in [-0.25, -0.2) is 5.43 Å². The molecule has 0 unspecified atom stereocenters. The summed E-state index contributed by atoms with van der Waals surface area (Å²) in [5.41, 5.74) is 4.22. The molecule has 3 aromatic rings. The Bertz CT molecular complexity index is 1120. The molecule has 0 radical (unpaired) electrons. The number of carbonyl (C=O) groups excluding carboxylic acids is 1. The number of halogens is 1. The summed E-state index contributed by atoms with van der Waals surface area (Å²) in [5.74, 6) is 0.644. The molecular formula is C23H20ClN3O5. The fourth-order valence-electron chi connectivity index (χ4n) is 2.70. The van der Waals surface area contributed by atoms with Crippen molar-refractivity contribution < 1.29 is 19.2 Å². The van der Waals surface area contributed by atoms with Crippen molar-refractivity contribution in [3.8, 4) is 11.5 Å². The summed E-state index contributed by atoms with van der Waals surface area (Å²) in [6.07, 6.45) is 1.47. The Morgan fingerprint density at radius 1 is 1.06 bits per heavy atom. The molecule has 0 saturated carbocycles. The minimum Gasteiger partial charge on any atom is -0.490 e. The average Bonchev–Trinajstić information content (AvgIpc) is 2.80. The van der Waals surface area contributed by atoms with Crippen LogP contribution >= 0.6 is 11.6 Å². The van der Waals surface area contributed by atoms with Gasteiger partial charge in [0.2, 0.25) is 0 Å². The highest BCUT2D eigenvalue weighted by Gasteiger charge is 2.09. The number of hydrogen-bond donors (Lipinski definition) is 1. The first-order valence-electron chi connectivity index (χ1n) is 9.68. The molecule has 32 heavy (non-hydrogen) atoms. The van der Waals surface area contributed by atoms with Crippen molar-refractivity contribution in [1.29, 1.82) is 0 Å². The molecule has 3 rings (SSSR count). The number of hydrogen-bond acceptors (Lipinski definition) is 6. The SMILES string of the molecule is CCOc1cc(/C=N\NC(=O)c2ccc([N+](=O)[O-])cc2)ccc1OCc1ccc(Cl)cc1. The molecule has 0 fully saturated rings. The average molecular weight is 454 g/mol. The van der Waals surface area contributed by atoms with Crippen LogP contribution in [0, 0.1) is 10.1 Å². The van der Waals surface area contributed by atoms with E-state index >= 15 is 0 Å². The van der Waals surface area contributed by atoms with Crippen molar-refractivity contribution >= 4 is 29.4 Å². The fourth-order valence-corrected chi connectivity index (χ4v) is 2.82. The quantitative estimate of drug-likeness (QED) is 0.279. The van der Waals surface area contributed by atoms with Gasteiger partial charge in [0.25, 0.3) is 11.6 Å². The molecule has 8 nitrogen and oxygen atoms in total. The van der Waals surface area contributed by atoms with Crippen LogP contribution < -0.4 is 14.9 Å². The Labute approximate surface area is 189 Å². The third-order valence-corrected chi connectivity index (χ3v) is 4.55. The molecule has 0 spiro atoms. The van der Waals surface area contributed by atoms with Gasteiger partial charge in [-0.05, 0) is 60.5 Å². The second-order valence-electron chi connectivity index (χ2n) is 6.56. The molecule has 3 aromatic carbocycles. The van der Waals surface area contributed by atoms with E-state index in [0.717, 1.165) is 5.56 Å². The molecular weight excluding hydrogens is 434 g/mol. The maximum absolute atomic E-state index is 12.1. The van der Waals surface area contributed by atoms with Gasteiger partial charge in [-0.15, -0.1) is 0 Å². The first-order chi connectivity index (χ1) is 15.5. The van der Waals surface area contributed by atoms with Crippen molar-refractivity contribution in [2.75, 3.05) is 6.61 Å². The van der Waals surface area contributed by atoms with Crippen molar-refractivity contribution in [1.82, 2.24) is 5.43 Å². The number of nitrogens with one attached hydrogen (secondary N) is 1.